The summed E-state index contributed by atoms with van der Waals surface area (Å²) in [6.45, 7) is 1.95. The molecule has 84 valence electrons. The fourth-order valence-electron chi connectivity index (χ4n) is 1.32. The number of benzene rings is 1. The maximum atomic E-state index is 9.33. The van der Waals surface area contributed by atoms with E-state index in [1.165, 1.54) is 0 Å². The minimum atomic E-state index is -0.237. The third-order valence-corrected chi connectivity index (χ3v) is 2.30. The highest BCUT2D eigenvalue weighted by Crippen LogP contribution is 2.22. The van der Waals surface area contributed by atoms with Crippen molar-refractivity contribution >= 4 is 0 Å². The lowest BCUT2D eigenvalue weighted by molar-refractivity contribution is 0.352. The van der Waals surface area contributed by atoms with E-state index in [9.17, 15) is 5.11 Å². The molecule has 1 aromatic heterocycles. The molecule has 1 atom stereocenters. The van der Waals surface area contributed by atoms with Crippen molar-refractivity contribution < 1.29 is 9.63 Å². The Balaban J connectivity index is 2.31. The summed E-state index contributed by atoms with van der Waals surface area (Å²) in [7, 11) is 0. The fraction of sp³-hybridized carbons (Fsp3) is 0.273. The van der Waals surface area contributed by atoms with Gasteiger partial charge in [0.15, 0.2) is 0 Å². The lowest BCUT2D eigenvalue weighted by Crippen LogP contribution is -2.08. The summed E-state index contributed by atoms with van der Waals surface area (Å²) in [6, 6.07) is 6.44. The molecule has 5 nitrogen and oxygen atoms in total. The molecule has 2 rings (SSSR count). The number of nitrogens with two attached hydrogens (primary N) is 1. The highest BCUT2D eigenvalue weighted by molar-refractivity contribution is 5.56. The zero-order chi connectivity index (χ0) is 11.5. The highest BCUT2D eigenvalue weighted by Gasteiger charge is 2.13. The van der Waals surface area contributed by atoms with Crippen molar-refractivity contribution in [3.8, 4) is 17.1 Å². The van der Waals surface area contributed by atoms with Gasteiger partial charge in [-0.25, -0.2) is 0 Å². The summed E-state index contributed by atoms with van der Waals surface area (Å²) in [6.07, 6.45) is 0.738. The van der Waals surface area contributed by atoms with Crippen LogP contribution in [0.15, 0.2) is 28.8 Å². The standard InChI is InChI=1S/C11H13N3O2/c1-2-9(12)11-13-10(14-16-11)7-4-3-5-8(15)6-7/h3-6,9,15H,2,12H2,1H3/t9-/m1/s1. The predicted octanol–water partition coefficient (Wildman–Crippen LogP) is 1.85. The zero-order valence-electron chi connectivity index (χ0n) is 8.92. The van der Waals surface area contributed by atoms with E-state index < -0.39 is 0 Å². The van der Waals surface area contributed by atoms with Crippen molar-refractivity contribution in [2.45, 2.75) is 19.4 Å². The number of aromatic nitrogens is 2. The second-order valence-corrected chi connectivity index (χ2v) is 3.52. The average molecular weight is 219 g/mol. The Morgan fingerprint density at radius 3 is 3.00 bits per heavy atom. The molecular formula is C11H13N3O2. The smallest absolute Gasteiger partial charge is 0.243 e. The highest BCUT2D eigenvalue weighted by atomic mass is 16.5. The molecule has 0 radical (unpaired) electrons. The van der Waals surface area contributed by atoms with Gasteiger partial charge < -0.3 is 15.4 Å². The Labute approximate surface area is 92.9 Å². The van der Waals surface area contributed by atoms with Gasteiger partial charge in [-0.2, -0.15) is 4.98 Å². The van der Waals surface area contributed by atoms with Crippen LogP contribution in [-0.4, -0.2) is 15.2 Å². The maximum Gasteiger partial charge on any atom is 0.243 e. The Kier molecular flexibility index (Phi) is 2.87. The molecule has 0 aliphatic carbocycles. The number of nitrogens with zero attached hydrogens (tertiary/aromatic N) is 2. The first kappa shape index (κ1) is 10.6. The third-order valence-electron chi connectivity index (χ3n) is 2.30. The number of aromatic hydroxyl groups is 1. The van der Waals surface area contributed by atoms with Crippen LogP contribution in [0.25, 0.3) is 11.4 Å². The summed E-state index contributed by atoms with van der Waals surface area (Å²) < 4.78 is 5.04. The van der Waals surface area contributed by atoms with Gasteiger partial charge in [0, 0.05) is 5.56 Å². The summed E-state index contributed by atoms with van der Waals surface area (Å²) in [4.78, 5) is 4.18. The van der Waals surface area contributed by atoms with Crippen molar-refractivity contribution in [2.75, 3.05) is 0 Å². The Hall–Kier alpha value is -1.88. The first-order chi connectivity index (χ1) is 7.70. The van der Waals surface area contributed by atoms with Crippen LogP contribution in [0.4, 0.5) is 0 Å². The summed E-state index contributed by atoms with van der Waals surface area (Å²) >= 11 is 0. The SMILES string of the molecule is CC[C@@H](N)c1nc(-c2cccc(O)c2)no1. The molecule has 0 spiro atoms. The molecule has 16 heavy (non-hydrogen) atoms. The van der Waals surface area contributed by atoms with Crippen LogP contribution in [0.5, 0.6) is 5.75 Å². The largest absolute Gasteiger partial charge is 0.508 e. The second kappa shape index (κ2) is 4.32. The van der Waals surface area contributed by atoms with Crippen molar-refractivity contribution in [3.63, 3.8) is 0 Å². The first-order valence-corrected chi connectivity index (χ1v) is 5.09. The fourth-order valence-corrected chi connectivity index (χ4v) is 1.32. The van der Waals surface area contributed by atoms with Crippen molar-refractivity contribution in [3.05, 3.63) is 30.2 Å². The van der Waals surface area contributed by atoms with Gasteiger partial charge >= 0.3 is 0 Å². The molecule has 0 saturated heterocycles. The molecule has 2 aromatic rings. The number of rotatable bonds is 3. The molecule has 0 saturated carbocycles. The van der Waals surface area contributed by atoms with Gasteiger partial charge in [0.05, 0.1) is 6.04 Å². The van der Waals surface area contributed by atoms with Gasteiger partial charge in [0.25, 0.3) is 0 Å². The Bertz CT molecular complexity index is 482. The van der Waals surface area contributed by atoms with Crippen LogP contribution in [0.2, 0.25) is 0 Å². The molecule has 1 aromatic carbocycles. The van der Waals surface area contributed by atoms with Crippen LogP contribution in [0.1, 0.15) is 25.3 Å². The molecule has 0 fully saturated rings. The van der Waals surface area contributed by atoms with Crippen molar-refractivity contribution in [1.82, 2.24) is 10.1 Å². The minimum absolute atomic E-state index is 0.170. The number of phenols is 1. The quantitative estimate of drug-likeness (QED) is 0.822. The van der Waals surface area contributed by atoms with E-state index in [1.54, 1.807) is 24.3 Å². The van der Waals surface area contributed by atoms with E-state index in [0.717, 1.165) is 6.42 Å². The average Bonchev–Trinajstić information content (AvgIpc) is 2.77. The molecule has 0 aliphatic heterocycles. The summed E-state index contributed by atoms with van der Waals surface area (Å²) in [5.74, 6) is 1.03. The molecule has 1 heterocycles. The van der Waals surface area contributed by atoms with E-state index in [1.807, 2.05) is 6.92 Å². The van der Waals surface area contributed by atoms with Gasteiger partial charge in [-0.3, -0.25) is 0 Å². The van der Waals surface area contributed by atoms with Gasteiger partial charge in [-0.15, -0.1) is 0 Å². The van der Waals surface area contributed by atoms with E-state index in [-0.39, 0.29) is 11.8 Å². The van der Waals surface area contributed by atoms with Gasteiger partial charge in [-0.1, -0.05) is 24.2 Å². The van der Waals surface area contributed by atoms with Gasteiger partial charge in [0.1, 0.15) is 5.75 Å². The van der Waals surface area contributed by atoms with Crippen LogP contribution in [0.3, 0.4) is 0 Å². The third kappa shape index (κ3) is 2.04. The van der Waals surface area contributed by atoms with Crippen molar-refractivity contribution in [1.29, 1.82) is 0 Å². The summed E-state index contributed by atoms with van der Waals surface area (Å²) in [5.41, 5.74) is 6.48. The molecule has 0 aliphatic rings. The molecule has 0 bridgehead atoms. The number of hydrogen-bond acceptors (Lipinski definition) is 5. The van der Waals surface area contributed by atoms with Gasteiger partial charge in [-0.05, 0) is 18.6 Å². The molecule has 0 amide bonds. The zero-order valence-corrected chi connectivity index (χ0v) is 8.92. The monoisotopic (exact) mass is 219 g/mol. The van der Waals surface area contributed by atoms with Crippen LogP contribution in [0, 0.1) is 0 Å². The van der Waals surface area contributed by atoms with Crippen LogP contribution in [-0.2, 0) is 0 Å². The van der Waals surface area contributed by atoms with E-state index in [0.29, 0.717) is 17.3 Å². The Morgan fingerprint density at radius 2 is 2.31 bits per heavy atom. The molecule has 5 heteroatoms. The molecular weight excluding hydrogens is 206 g/mol. The topological polar surface area (TPSA) is 85.2 Å². The lowest BCUT2D eigenvalue weighted by atomic mass is 10.2. The first-order valence-electron chi connectivity index (χ1n) is 5.09. The summed E-state index contributed by atoms with van der Waals surface area (Å²) in [5, 5.41) is 13.1. The van der Waals surface area contributed by atoms with Crippen LogP contribution >= 0.6 is 0 Å². The van der Waals surface area contributed by atoms with Crippen molar-refractivity contribution in [2.24, 2.45) is 5.73 Å². The van der Waals surface area contributed by atoms with E-state index >= 15 is 0 Å². The predicted molar refractivity (Wildman–Crippen MR) is 58.6 cm³/mol. The van der Waals surface area contributed by atoms with E-state index in [2.05, 4.69) is 10.1 Å². The normalized spacial score (nSPS) is 12.6. The molecule has 0 unspecified atom stereocenters. The number of hydrogen-bond donors (Lipinski definition) is 2. The van der Waals surface area contributed by atoms with E-state index in [4.69, 9.17) is 10.3 Å². The maximum absolute atomic E-state index is 9.33. The second-order valence-electron chi connectivity index (χ2n) is 3.52. The molecule has 3 N–H and O–H groups in total. The number of phenolic OH excluding ortho intramolecular Hbond substituents is 1. The van der Waals surface area contributed by atoms with Crippen LogP contribution < -0.4 is 5.73 Å². The van der Waals surface area contributed by atoms with Gasteiger partial charge in [0.2, 0.25) is 11.7 Å². The lowest BCUT2D eigenvalue weighted by Gasteiger charge is -1.99. The Morgan fingerprint density at radius 1 is 1.50 bits per heavy atom. The minimum Gasteiger partial charge on any atom is -0.508 e.